The van der Waals surface area contributed by atoms with E-state index in [-0.39, 0.29) is 5.82 Å². The monoisotopic (exact) mass is 292 g/mol. The molecular formula is C19H17FN2. The Bertz CT molecular complexity index is 798. The predicted octanol–water partition coefficient (Wildman–Crippen LogP) is 4.37. The van der Waals surface area contributed by atoms with Crippen molar-refractivity contribution in [1.82, 2.24) is 4.98 Å². The highest BCUT2D eigenvalue weighted by Crippen LogP contribution is 2.32. The summed E-state index contributed by atoms with van der Waals surface area (Å²) >= 11 is 0. The number of hydrogen-bond donors (Lipinski definition) is 0. The van der Waals surface area contributed by atoms with E-state index in [4.69, 9.17) is 0 Å². The lowest BCUT2D eigenvalue weighted by molar-refractivity contribution is 0.625. The molecule has 0 radical (unpaired) electrons. The van der Waals surface area contributed by atoms with Crippen LogP contribution in [0.5, 0.6) is 0 Å². The fourth-order valence-electron chi connectivity index (χ4n) is 3.27. The molecule has 1 atom stereocenters. The first-order chi connectivity index (χ1) is 10.8. The second-order valence-electron chi connectivity index (χ2n) is 5.89. The maximum Gasteiger partial charge on any atom is 0.123 e. The van der Waals surface area contributed by atoms with Gasteiger partial charge < -0.3 is 4.90 Å². The molecule has 0 aliphatic carbocycles. The molecule has 0 bridgehead atoms. The Morgan fingerprint density at radius 2 is 1.86 bits per heavy atom. The van der Waals surface area contributed by atoms with Gasteiger partial charge in [-0.25, -0.2) is 4.39 Å². The molecule has 0 N–H and O–H groups in total. The molecule has 3 aromatic rings. The van der Waals surface area contributed by atoms with Crippen LogP contribution in [0.2, 0.25) is 0 Å². The second kappa shape index (κ2) is 5.41. The molecule has 3 heteroatoms. The van der Waals surface area contributed by atoms with Crippen LogP contribution in [0, 0.1) is 5.82 Å². The third kappa shape index (κ3) is 2.43. The van der Waals surface area contributed by atoms with Crippen LogP contribution in [0.3, 0.4) is 0 Å². The van der Waals surface area contributed by atoms with Gasteiger partial charge in [-0.05, 0) is 47.7 Å². The van der Waals surface area contributed by atoms with Crippen LogP contribution in [0.1, 0.15) is 17.9 Å². The minimum absolute atomic E-state index is 0.165. The van der Waals surface area contributed by atoms with Crippen LogP contribution in [0.25, 0.3) is 10.8 Å². The van der Waals surface area contributed by atoms with Gasteiger partial charge in [0.2, 0.25) is 0 Å². The third-order valence-corrected chi connectivity index (χ3v) is 4.52. The van der Waals surface area contributed by atoms with Gasteiger partial charge in [0, 0.05) is 42.5 Å². The SMILES string of the molecule is Fc1ccc(C2CCN(c3ccc4cnccc4c3)C2)cc1. The summed E-state index contributed by atoms with van der Waals surface area (Å²) in [4.78, 5) is 6.57. The number of hydrogen-bond acceptors (Lipinski definition) is 2. The molecule has 4 rings (SSSR count). The molecule has 1 aliphatic rings. The Balaban J connectivity index is 1.57. The van der Waals surface area contributed by atoms with Crippen molar-refractivity contribution >= 4 is 16.5 Å². The molecule has 2 nitrogen and oxygen atoms in total. The van der Waals surface area contributed by atoms with Crippen molar-refractivity contribution in [3.8, 4) is 0 Å². The molecule has 1 saturated heterocycles. The molecule has 0 amide bonds. The topological polar surface area (TPSA) is 16.1 Å². The van der Waals surface area contributed by atoms with E-state index in [1.165, 1.54) is 22.0 Å². The minimum atomic E-state index is -0.165. The Labute approximate surface area is 129 Å². The molecular weight excluding hydrogens is 275 g/mol. The summed E-state index contributed by atoms with van der Waals surface area (Å²) in [7, 11) is 0. The molecule has 0 spiro atoms. The van der Waals surface area contributed by atoms with Crippen molar-refractivity contribution < 1.29 is 4.39 Å². The lowest BCUT2D eigenvalue weighted by Crippen LogP contribution is -2.19. The van der Waals surface area contributed by atoms with Crippen molar-refractivity contribution in [2.75, 3.05) is 18.0 Å². The molecule has 1 aromatic heterocycles. The Hall–Kier alpha value is -2.42. The zero-order chi connectivity index (χ0) is 14.9. The van der Waals surface area contributed by atoms with Crippen LogP contribution >= 0.6 is 0 Å². The van der Waals surface area contributed by atoms with Crippen molar-refractivity contribution in [3.05, 3.63) is 72.3 Å². The van der Waals surface area contributed by atoms with Crippen LogP contribution < -0.4 is 4.90 Å². The van der Waals surface area contributed by atoms with Crippen LogP contribution in [0.4, 0.5) is 10.1 Å². The van der Waals surface area contributed by atoms with Crippen LogP contribution in [-0.4, -0.2) is 18.1 Å². The average molecular weight is 292 g/mol. The molecule has 1 aliphatic heterocycles. The van der Waals surface area contributed by atoms with Gasteiger partial charge in [0.25, 0.3) is 0 Å². The minimum Gasteiger partial charge on any atom is -0.371 e. The van der Waals surface area contributed by atoms with Gasteiger partial charge in [-0.1, -0.05) is 18.2 Å². The summed E-state index contributed by atoms with van der Waals surface area (Å²) in [5.41, 5.74) is 2.48. The summed E-state index contributed by atoms with van der Waals surface area (Å²) in [5.74, 6) is 0.315. The molecule has 0 saturated carbocycles. The Kier molecular flexibility index (Phi) is 3.26. The van der Waals surface area contributed by atoms with E-state index >= 15 is 0 Å². The summed E-state index contributed by atoms with van der Waals surface area (Å²) in [5, 5.41) is 2.39. The molecule has 22 heavy (non-hydrogen) atoms. The highest BCUT2D eigenvalue weighted by Gasteiger charge is 2.24. The lowest BCUT2D eigenvalue weighted by Gasteiger charge is -2.19. The lowest BCUT2D eigenvalue weighted by atomic mass is 9.98. The van der Waals surface area contributed by atoms with Crippen molar-refractivity contribution in [2.45, 2.75) is 12.3 Å². The highest BCUT2D eigenvalue weighted by atomic mass is 19.1. The van der Waals surface area contributed by atoms with Gasteiger partial charge in [0.15, 0.2) is 0 Å². The molecule has 1 fully saturated rings. The number of benzene rings is 2. The second-order valence-corrected chi connectivity index (χ2v) is 5.89. The third-order valence-electron chi connectivity index (χ3n) is 4.52. The number of aromatic nitrogens is 1. The van der Waals surface area contributed by atoms with Gasteiger partial charge in [0.05, 0.1) is 0 Å². The number of rotatable bonds is 2. The molecule has 2 heterocycles. The molecule has 1 unspecified atom stereocenters. The quantitative estimate of drug-likeness (QED) is 0.697. The maximum absolute atomic E-state index is 13.0. The Morgan fingerprint density at radius 1 is 1.00 bits per heavy atom. The summed E-state index contributed by atoms with van der Waals surface area (Å²) in [6.07, 6.45) is 4.84. The van der Waals surface area contributed by atoms with Gasteiger partial charge in [-0.3, -0.25) is 4.98 Å². The van der Waals surface area contributed by atoms with Crippen molar-refractivity contribution in [1.29, 1.82) is 0 Å². The largest absolute Gasteiger partial charge is 0.371 e. The van der Waals surface area contributed by atoms with Gasteiger partial charge in [0.1, 0.15) is 5.82 Å². The number of fused-ring (bicyclic) bond motifs is 1. The first-order valence-corrected chi connectivity index (χ1v) is 7.64. The molecule has 2 aromatic carbocycles. The first-order valence-electron chi connectivity index (χ1n) is 7.64. The van der Waals surface area contributed by atoms with Gasteiger partial charge in [-0.2, -0.15) is 0 Å². The van der Waals surface area contributed by atoms with E-state index in [0.717, 1.165) is 19.5 Å². The highest BCUT2D eigenvalue weighted by molar-refractivity contribution is 5.85. The number of anilines is 1. The van der Waals surface area contributed by atoms with E-state index in [0.29, 0.717) is 5.92 Å². The predicted molar refractivity (Wildman–Crippen MR) is 87.7 cm³/mol. The van der Waals surface area contributed by atoms with Crippen LogP contribution in [-0.2, 0) is 0 Å². The number of pyridine rings is 1. The van der Waals surface area contributed by atoms with Crippen molar-refractivity contribution in [3.63, 3.8) is 0 Å². The Morgan fingerprint density at radius 3 is 2.73 bits per heavy atom. The van der Waals surface area contributed by atoms with Crippen molar-refractivity contribution in [2.24, 2.45) is 0 Å². The number of halogens is 1. The van der Waals surface area contributed by atoms with Gasteiger partial charge in [-0.15, -0.1) is 0 Å². The fraction of sp³-hybridized carbons (Fsp3) is 0.211. The van der Waals surface area contributed by atoms with Gasteiger partial charge >= 0.3 is 0 Å². The van der Waals surface area contributed by atoms with E-state index in [9.17, 15) is 4.39 Å². The van der Waals surface area contributed by atoms with E-state index in [1.807, 2.05) is 30.6 Å². The summed E-state index contributed by atoms with van der Waals surface area (Å²) in [6, 6.07) is 15.5. The first kappa shape index (κ1) is 13.3. The van der Waals surface area contributed by atoms with E-state index < -0.39 is 0 Å². The smallest absolute Gasteiger partial charge is 0.123 e. The fourth-order valence-corrected chi connectivity index (χ4v) is 3.27. The zero-order valence-electron chi connectivity index (χ0n) is 12.2. The maximum atomic E-state index is 13.0. The average Bonchev–Trinajstić information content (AvgIpc) is 3.05. The molecule has 110 valence electrons. The standard InChI is InChI=1S/C19H17FN2/c20-18-4-1-14(2-5-18)17-8-10-22(13-17)19-6-3-16-12-21-9-7-15(16)11-19/h1-7,9,11-12,17H,8,10,13H2. The summed E-state index contributed by atoms with van der Waals surface area (Å²) in [6.45, 7) is 2.03. The van der Waals surface area contributed by atoms with E-state index in [1.54, 1.807) is 12.1 Å². The number of nitrogens with zero attached hydrogens (tertiary/aromatic N) is 2. The summed E-state index contributed by atoms with van der Waals surface area (Å²) < 4.78 is 13.0. The van der Waals surface area contributed by atoms with E-state index in [2.05, 4.69) is 28.1 Å². The van der Waals surface area contributed by atoms with Crippen LogP contribution in [0.15, 0.2) is 60.9 Å². The zero-order valence-corrected chi connectivity index (χ0v) is 12.2. The normalized spacial score (nSPS) is 18.0.